The Morgan fingerprint density at radius 1 is 0.778 bits per heavy atom. The van der Waals surface area contributed by atoms with E-state index < -0.39 is 0 Å². The standard InChI is InChI=1S/C16H34N2/c1-2-3-4-7-12-17-13-8-5-6-9-14-18-15-10-11-16-18/h17H,2-16H2,1H3. The smallest absolute Gasteiger partial charge is 0.00183 e. The van der Waals surface area contributed by atoms with Crippen molar-refractivity contribution in [3.05, 3.63) is 0 Å². The van der Waals surface area contributed by atoms with Crippen LogP contribution < -0.4 is 5.32 Å². The maximum Gasteiger partial charge on any atom is -0.00183 e. The highest BCUT2D eigenvalue weighted by molar-refractivity contribution is 4.65. The quantitative estimate of drug-likeness (QED) is 0.533. The largest absolute Gasteiger partial charge is 0.317 e. The van der Waals surface area contributed by atoms with Crippen molar-refractivity contribution in [2.75, 3.05) is 32.7 Å². The van der Waals surface area contributed by atoms with Crippen LogP contribution >= 0.6 is 0 Å². The van der Waals surface area contributed by atoms with Gasteiger partial charge < -0.3 is 10.2 Å². The van der Waals surface area contributed by atoms with Crippen molar-refractivity contribution in [1.29, 1.82) is 0 Å². The van der Waals surface area contributed by atoms with Gasteiger partial charge in [0.1, 0.15) is 0 Å². The van der Waals surface area contributed by atoms with E-state index in [4.69, 9.17) is 0 Å². The zero-order valence-corrected chi connectivity index (χ0v) is 12.6. The topological polar surface area (TPSA) is 15.3 Å². The lowest BCUT2D eigenvalue weighted by atomic mass is 10.2. The second-order valence-corrected chi connectivity index (χ2v) is 5.77. The van der Waals surface area contributed by atoms with Gasteiger partial charge in [-0.25, -0.2) is 0 Å². The van der Waals surface area contributed by atoms with Gasteiger partial charge in [0.2, 0.25) is 0 Å². The Labute approximate surface area is 115 Å². The maximum atomic E-state index is 3.57. The van der Waals surface area contributed by atoms with Gasteiger partial charge in [-0.1, -0.05) is 39.0 Å². The Hall–Kier alpha value is -0.0800. The van der Waals surface area contributed by atoms with Crippen molar-refractivity contribution in [2.24, 2.45) is 0 Å². The van der Waals surface area contributed by atoms with Crippen LogP contribution in [0.1, 0.15) is 71.1 Å². The Morgan fingerprint density at radius 3 is 2.06 bits per heavy atom. The van der Waals surface area contributed by atoms with Crippen LogP contribution in [0, 0.1) is 0 Å². The zero-order valence-electron chi connectivity index (χ0n) is 12.6. The summed E-state index contributed by atoms with van der Waals surface area (Å²) in [5.74, 6) is 0. The molecule has 1 saturated heterocycles. The molecule has 1 rings (SSSR count). The Bertz CT molecular complexity index is 164. The first-order valence-electron chi connectivity index (χ1n) is 8.36. The highest BCUT2D eigenvalue weighted by atomic mass is 15.1. The molecule has 0 saturated carbocycles. The molecule has 1 aliphatic heterocycles. The molecular formula is C16H34N2. The summed E-state index contributed by atoms with van der Waals surface area (Å²) in [6, 6.07) is 0. The van der Waals surface area contributed by atoms with E-state index in [1.165, 1.54) is 96.9 Å². The summed E-state index contributed by atoms with van der Waals surface area (Å²) < 4.78 is 0. The number of unbranched alkanes of at least 4 members (excludes halogenated alkanes) is 6. The molecule has 0 aliphatic carbocycles. The van der Waals surface area contributed by atoms with E-state index in [9.17, 15) is 0 Å². The van der Waals surface area contributed by atoms with Gasteiger partial charge in [0.05, 0.1) is 0 Å². The highest BCUT2D eigenvalue weighted by Gasteiger charge is 2.09. The number of nitrogens with zero attached hydrogens (tertiary/aromatic N) is 1. The molecule has 1 aliphatic rings. The second-order valence-electron chi connectivity index (χ2n) is 5.77. The van der Waals surface area contributed by atoms with Crippen LogP contribution in [-0.4, -0.2) is 37.6 Å². The molecule has 0 aromatic carbocycles. The number of hydrogen-bond donors (Lipinski definition) is 1. The lowest BCUT2D eigenvalue weighted by Crippen LogP contribution is -2.20. The van der Waals surface area contributed by atoms with Gasteiger partial charge >= 0.3 is 0 Å². The first-order chi connectivity index (χ1) is 8.93. The Kier molecular flexibility index (Phi) is 10.6. The number of rotatable bonds is 12. The molecule has 108 valence electrons. The summed E-state index contributed by atoms with van der Waals surface area (Å²) in [4.78, 5) is 2.63. The summed E-state index contributed by atoms with van der Waals surface area (Å²) in [7, 11) is 0. The van der Waals surface area contributed by atoms with E-state index in [1.807, 2.05) is 0 Å². The minimum atomic E-state index is 1.23. The number of hydrogen-bond acceptors (Lipinski definition) is 2. The third-order valence-electron chi connectivity index (χ3n) is 3.98. The predicted molar refractivity (Wildman–Crippen MR) is 81.2 cm³/mol. The lowest BCUT2D eigenvalue weighted by Gasteiger charge is -2.13. The van der Waals surface area contributed by atoms with E-state index in [1.54, 1.807) is 0 Å². The number of nitrogens with one attached hydrogen (secondary N) is 1. The third kappa shape index (κ3) is 8.93. The van der Waals surface area contributed by atoms with Crippen molar-refractivity contribution < 1.29 is 0 Å². The fourth-order valence-corrected chi connectivity index (χ4v) is 2.75. The van der Waals surface area contributed by atoms with Gasteiger partial charge in [-0.15, -0.1) is 0 Å². The van der Waals surface area contributed by atoms with Crippen LogP contribution in [0.5, 0.6) is 0 Å². The van der Waals surface area contributed by atoms with Gasteiger partial charge in [-0.05, 0) is 64.8 Å². The van der Waals surface area contributed by atoms with Crippen LogP contribution in [0.25, 0.3) is 0 Å². The molecule has 0 bridgehead atoms. The Balaban J connectivity index is 1.68. The fraction of sp³-hybridized carbons (Fsp3) is 1.00. The fourth-order valence-electron chi connectivity index (χ4n) is 2.75. The molecular weight excluding hydrogens is 220 g/mol. The SMILES string of the molecule is CCCCCCNCCCCCCN1CCCC1. The van der Waals surface area contributed by atoms with Gasteiger partial charge in [-0.3, -0.25) is 0 Å². The molecule has 1 heterocycles. The molecule has 0 atom stereocenters. The molecule has 0 aromatic rings. The van der Waals surface area contributed by atoms with Crippen LogP contribution in [0.3, 0.4) is 0 Å². The van der Waals surface area contributed by atoms with E-state index in [2.05, 4.69) is 17.1 Å². The van der Waals surface area contributed by atoms with E-state index in [0.29, 0.717) is 0 Å². The van der Waals surface area contributed by atoms with E-state index in [-0.39, 0.29) is 0 Å². The molecule has 1 fully saturated rings. The highest BCUT2D eigenvalue weighted by Crippen LogP contribution is 2.09. The van der Waals surface area contributed by atoms with Crippen LogP contribution in [0.2, 0.25) is 0 Å². The van der Waals surface area contributed by atoms with Crippen molar-refractivity contribution >= 4 is 0 Å². The normalized spacial score (nSPS) is 16.5. The second kappa shape index (κ2) is 12.0. The van der Waals surface area contributed by atoms with Crippen molar-refractivity contribution in [3.8, 4) is 0 Å². The van der Waals surface area contributed by atoms with Gasteiger partial charge in [0.25, 0.3) is 0 Å². The van der Waals surface area contributed by atoms with Gasteiger partial charge in [-0.2, -0.15) is 0 Å². The molecule has 0 aromatic heterocycles. The average molecular weight is 254 g/mol. The lowest BCUT2D eigenvalue weighted by molar-refractivity contribution is 0.328. The first-order valence-corrected chi connectivity index (χ1v) is 8.36. The molecule has 2 heteroatoms. The summed E-state index contributed by atoms with van der Waals surface area (Å²) in [6.45, 7) is 8.81. The molecule has 1 N–H and O–H groups in total. The summed E-state index contributed by atoms with van der Waals surface area (Å²) >= 11 is 0. The van der Waals surface area contributed by atoms with E-state index in [0.717, 1.165) is 0 Å². The Morgan fingerprint density at radius 2 is 1.39 bits per heavy atom. The van der Waals surface area contributed by atoms with Crippen molar-refractivity contribution in [3.63, 3.8) is 0 Å². The molecule has 0 unspecified atom stereocenters. The van der Waals surface area contributed by atoms with Crippen molar-refractivity contribution in [2.45, 2.75) is 71.1 Å². The molecule has 0 amide bonds. The zero-order chi connectivity index (χ0) is 12.9. The predicted octanol–water partition coefficient (Wildman–Crippen LogP) is 3.81. The minimum Gasteiger partial charge on any atom is -0.317 e. The third-order valence-corrected chi connectivity index (χ3v) is 3.98. The monoisotopic (exact) mass is 254 g/mol. The molecule has 18 heavy (non-hydrogen) atoms. The minimum absolute atomic E-state index is 1.23. The molecule has 0 spiro atoms. The average Bonchev–Trinajstić information content (AvgIpc) is 2.89. The van der Waals surface area contributed by atoms with Crippen molar-refractivity contribution in [1.82, 2.24) is 10.2 Å². The summed E-state index contributed by atoms with van der Waals surface area (Å²) in [5, 5.41) is 3.57. The van der Waals surface area contributed by atoms with Crippen LogP contribution in [0.15, 0.2) is 0 Å². The summed E-state index contributed by atoms with van der Waals surface area (Å²) in [6.07, 6.45) is 14.0. The van der Waals surface area contributed by atoms with Crippen LogP contribution in [-0.2, 0) is 0 Å². The first kappa shape index (κ1) is 16.0. The summed E-state index contributed by atoms with van der Waals surface area (Å²) in [5.41, 5.74) is 0. The van der Waals surface area contributed by atoms with E-state index >= 15 is 0 Å². The van der Waals surface area contributed by atoms with Crippen LogP contribution in [0.4, 0.5) is 0 Å². The van der Waals surface area contributed by atoms with Gasteiger partial charge in [0, 0.05) is 0 Å². The number of likely N-dealkylation sites (tertiary alicyclic amines) is 1. The molecule has 2 nitrogen and oxygen atoms in total. The van der Waals surface area contributed by atoms with Gasteiger partial charge in [0.15, 0.2) is 0 Å². The maximum absolute atomic E-state index is 3.57. The molecule has 0 radical (unpaired) electrons.